The number of benzene rings is 1. The maximum Gasteiger partial charge on any atom is 0.142 e. The summed E-state index contributed by atoms with van der Waals surface area (Å²) in [4.78, 5) is 11.7. The largest absolute Gasteiger partial charge is 0.360 e. The highest BCUT2D eigenvalue weighted by Crippen LogP contribution is 2.26. The summed E-state index contributed by atoms with van der Waals surface area (Å²) in [5.41, 5.74) is 2.95. The molecule has 0 unspecified atom stereocenters. The molecular weight excluding hydrogens is 224 g/mol. The van der Waals surface area contributed by atoms with E-state index < -0.39 is 0 Å². The molecule has 0 aliphatic rings. The van der Waals surface area contributed by atoms with Crippen LogP contribution in [0.3, 0.4) is 0 Å². The third kappa shape index (κ3) is 1.72. The number of hydrogen-bond donors (Lipinski definition) is 1. The van der Waals surface area contributed by atoms with Crippen molar-refractivity contribution in [2.24, 2.45) is 0 Å². The first-order valence-corrected chi connectivity index (χ1v) is 5.64. The van der Waals surface area contributed by atoms with E-state index in [1.807, 2.05) is 36.5 Å². The zero-order valence-corrected chi connectivity index (χ0v) is 9.59. The number of H-pyrrole nitrogens is 1. The van der Waals surface area contributed by atoms with E-state index in [-0.39, 0.29) is 6.42 Å². The average Bonchev–Trinajstić information content (AvgIpc) is 2.83. The SMILES string of the molecule is N#CCc1nccc(-c2c[nH]c3ccccc23)n1. The number of nitrogens with one attached hydrogen (secondary N) is 1. The van der Waals surface area contributed by atoms with Crippen LogP contribution in [0.15, 0.2) is 42.7 Å². The van der Waals surface area contributed by atoms with Crippen molar-refractivity contribution in [3.05, 3.63) is 48.5 Å². The van der Waals surface area contributed by atoms with Gasteiger partial charge in [-0.1, -0.05) is 18.2 Å². The third-order valence-corrected chi connectivity index (χ3v) is 2.81. The highest BCUT2D eigenvalue weighted by Gasteiger charge is 2.07. The molecular formula is C14H10N4. The molecule has 0 amide bonds. The zero-order valence-electron chi connectivity index (χ0n) is 9.59. The Kier molecular flexibility index (Phi) is 2.50. The van der Waals surface area contributed by atoms with Gasteiger partial charge in [-0.2, -0.15) is 5.26 Å². The Hall–Kier alpha value is -2.67. The van der Waals surface area contributed by atoms with Crippen LogP contribution in [-0.2, 0) is 6.42 Å². The van der Waals surface area contributed by atoms with E-state index >= 15 is 0 Å². The number of aromatic amines is 1. The maximum atomic E-state index is 8.68. The van der Waals surface area contributed by atoms with Gasteiger partial charge in [0.15, 0.2) is 0 Å². The van der Waals surface area contributed by atoms with Gasteiger partial charge in [-0.15, -0.1) is 0 Å². The summed E-state index contributed by atoms with van der Waals surface area (Å²) in [6.45, 7) is 0. The number of rotatable bonds is 2. The first-order valence-electron chi connectivity index (χ1n) is 5.64. The van der Waals surface area contributed by atoms with Crippen LogP contribution in [0.4, 0.5) is 0 Å². The quantitative estimate of drug-likeness (QED) is 0.741. The first kappa shape index (κ1) is 10.5. The molecule has 3 aromatic rings. The van der Waals surface area contributed by atoms with Crippen LogP contribution in [0.5, 0.6) is 0 Å². The molecule has 1 aromatic carbocycles. The molecule has 0 saturated heterocycles. The van der Waals surface area contributed by atoms with Crippen LogP contribution in [-0.4, -0.2) is 15.0 Å². The number of nitrogens with zero attached hydrogens (tertiary/aromatic N) is 3. The smallest absolute Gasteiger partial charge is 0.142 e. The van der Waals surface area contributed by atoms with Crippen molar-refractivity contribution >= 4 is 10.9 Å². The maximum absolute atomic E-state index is 8.68. The van der Waals surface area contributed by atoms with E-state index in [0.717, 1.165) is 22.2 Å². The fourth-order valence-electron chi connectivity index (χ4n) is 1.99. The van der Waals surface area contributed by atoms with Gasteiger partial charge in [0, 0.05) is 28.9 Å². The lowest BCUT2D eigenvalue weighted by Crippen LogP contribution is -1.94. The minimum atomic E-state index is 0.232. The van der Waals surface area contributed by atoms with Crippen molar-refractivity contribution in [2.75, 3.05) is 0 Å². The topological polar surface area (TPSA) is 65.4 Å². The highest BCUT2D eigenvalue weighted by atomic mass is 14.9. The lowest BCUT2D eigenvalue weighted by Gasteiger charge is -2.00. The van der Waals surface area contributed by atoms with E-state index in [2.05, 4.69) is 21.0 Å². The van der Waals surface area contributed by atoms with Gasteiger partial charge in [-0.05, 0) is 12.1 Å². The average molecular weight is 234 g/mol. The molecule has 0 radical (unpaired) electrons. The van der Waals surface area contributed by atoms with E-state index in [9.17, 15) is 0 Å². The summed E-state index contributed by atoms with van der Waals surface area (Å²) < 4.78 is 0. The van der Waals surface area contributed by atoms with E-state index in [1.165, 1.54) is 0 Å². The Balaban J connectivity index is 2.15. The van der Waals surface area contributed by atoms with E-state index in [1.54, 1.807) is 6.20 Å². The first-order chi connectivity index (χ1) is 8.88. The number of aromatic nitrogens is 3. The fourth-order valence-corrected chi connectivity index (χ4v) is 1.99. The van der Waals surface area contributed by atoms with Gasteiger partial charge >= 0.3 is 0 Å². The van der Waals surface area contributed by atoms with E-state index in [4.69, 9.17) is 5.26 Å². The Morgan fingerprint density at radius 1 is 1.22 bits per heavy atom. The summed E-state index contributed by atoms with van der Waals surface area (Å²) >= 11 is 0. The van der Waals surface area contributed by atoms with Crippen LogP contribution in [0.1, 0.15) is 5.82 Å². The molecule has 3 rings (SSSR count). The van der Waals surface area contributed by atoms with Gasteiger partial charge in [-0.25, -0.2) is 9.97 Å². The zero-order chi connectivity index (χ0) is 12.4. The standard InChI is InChI=1S/C14H10N4/c15-7-5-14-16-8-6-13(18-14)11-9-17-12-4-2-1-3-10(11)12/h1-4,6,8-9,17H,5H2. The van der Waals surface area contributed by atoms with Crippen LogP contribution >= 0.6 is 0 Å². The Morgan fingerprint density at radius 2 is 2.11 bits per heavy atom. The van der Waals surface area contributed by atoms with Gasteiger partial charge in [-0.3, -0.25) is 0 Å². The third-order valence-electron chi connectivity index (χ3n) is 2.81. The van der Waals surface area contributed by atoms with E-state index in [0.29, 0.717) is 5.82 Å². The lowest BCUT2D eigenvalue weighted by molar-refractivity contribution is 1.000. The molecule has 2 heterocycles. The molecule has 0 spiro atoms. The van der Waals surface area contributed by atoms with Crippen LogP contribution in [0.25, 0.3) is 22.2 Å². The summed E-state index contributed by atoms with van der Waals surface area (Å²) in [6, 6.07) is 12.0. The number of fused-ring (bicyclic) bond motifs is 1. The molecule has 4 nitrogen and oxygen atoms in total. The molecule has 0 bridgehead atoms. The van der Waals surface area contributed by atoms with Crippen molar-refractivity contribution in [1.82, 2.24) is 15.0 Å². The Labute approximate surface area is 104 Å². The predicted molar refractivity (Wildman–Crippen MR) is 68.6 cm³/mol. The molecule has 0 aliphatic carbocycles. The van der Waals surface area contributed by atoms with Gasteiger partial charge in [0.05, 0.1) is 18.2 Å². The second-order valence-electron chi connectivity index (χ2n) is 3.94. The lowest BCUT2D eigenvalue weighted by atomic mass is 10.1. The Bertz CT molecular complexity index is 737. The fraction of sp³-hybridized carbons (Fsp3) is 0.0714. The summed E-state index contributed by atoms with van der Waals surface area (Å²) in [5.74, 6) is 0.556. The second-order valence-corrected chi connectivity index (χ2v) is 3.94. The van der Waals surface area contributed by atoms with Crippen LogP contribution < -0.4 is 0 Å². The van der Waals surface area contributed by atoms with Gasteiger partial charge in [0.1, 0.15) is 5.82 Å². The molecule has 0 atom stereocenters. The van der Waals surface area contributed by atoms with Crippen LogP contribution in [0.2, 0.25) is 0 Å². The molecule has 86 valence electrons. The molecule has 0 fully saturated rings. The molecule has 2 aromatic heterocycles. The van der Waals surface area contributed by atoms with Crippen molar-refractivity contribution in [3.8, 4) is 17.3 Å². The summed E-state index contributed by atoms with van der Waals surface area (Å²) in [6.07, 6.45) is 3.86. The Morgan fingerprint density at radius 3 is 3.00 bits per heavy atom. The van der Waals surface area contributed by atoms with Crippen molar-refractivity contribution in [2.45, 2.75) is 6.42 Å². The molecule has 1 N–H and O–H groups in total. The van der Waals surface area contributed by atoms with Gasteiger partial charge < -0.3 is 4.98 Å². The summed E-state index contributed by atoms with van der Waals surface area (Å²) in [5, 5.41) is 9.80. The van der Waals surface area contributed by atoms with Crippen LogP contribution in [0, 0.1) is 11.3 Å². The number of hydrogen-bond acceptors (Lipinski definition) is 3. The minimum Gasteiger partial charge on any atom is -0.360 e. The second kappa shape index (κ2) is 4.30. The van der Waals surface area contributed by atoms with Crippen molar-refractivity contribution in [3.63, 3.8) is 0 Å². The highest BCUT2D eigenvalue weighted by molar-refractivity contribution is 5.94. The van der Waals surface area contributed by atoms with Gasteiger partial charge in [0.2, 0.25) is 0 Å². The van der Waals surface area contributed by atoms with Crippen molar-refractivity contribution < 1.29 is 0 Å². The predicted octanol–water partition coefficient (Wildman–Crippen LogP) is 2.69. The normalized spacial score (nSPS) is 10.4. The molecule has 0 aliphatic heterocycles. The van der Waals surface area contributed by atoms with Gasteiger partial charge in [0.25, 0.3) is 0 Å². The number of nitriles is 1. The number of para-hydroxylation sites is 1. The summed E-state index contributed by atoms with van der Waals surface area (Å²) in [7, 11) is 0. The molecule has 0 saturated carbocycles. The monoisotopic (exact) mass is 234 g/mol. The molecule has 4 heteroatoms. The minimum absolute atomic E-state index is 0.232. The van der Waals surface area contributed by atoms with Crippen molar-refractivity contribution in [1.29, 1.82) is 5.26 Å². The molecule has 18 heavy (non-hydrogen) atoms.